The summed E-state index contributed by atoms with van der Waals surface area (Å²) >= 11 is 0. The summed E-state index contributed by atoms with van der Waals surface area (Å²) < 4.78 is 32.0. The first kappa shape index (κ1) is 32.0. The Hall–Kier alpha value is -2.89. The van der Waals surface area contributed by atoms with Gasteiger partial charge >= 0.3 is 5.97 Å². The fourth-order valence-corrected chi connectivity index (χ4v) is 6.23. The maximum Gasteiger partial charge on any atom is 0.323 e. The average molecular weight is 603 g/mol. The van der Waals surface area contributed by atoms with Crippen LogP contribution in [0.5, 0.6) is 5.88 Å². The molecule has 1 aliphatic rings. The largest absolute Gasteiger partial charge is 0.479 e. The minimum atomic E-state index is -1.67. The van der Waals surface area contributed by atoms with E-state index in [0.717, 1.165) is 31.2 Å². The lowest BCUT2D eigenvalue weighted by Crippen LogP contribution is -2.35. The van der Waals surface area contributed by atoms with Crippen LogP contribution in [0.1, 0.15) is 78.2 Å². The number of benzene rings is 1. The first-order valence-electron chi connectivity index (χ1n) is 14.5. The molecule has 1 aromatic carbocycles. The van der Waals surface area contributed by atoms with Gasteiger partial charge in [-0.2, -0.15) is 9.97 Å². The normalized spacial score (nSPS) is 21.0. The average Bonchev–Trinajstić information content (AvgIpc) is 3.55. The number of nitrogens with two attached hydrogens (primary N) is 1. The summed E-state index contributed by atoms with van der Waals surface area (Å²) in [6, 6.07) is 9.47. The van der Waals surface area contributed by atoms with Gasteiger partial charge < -0.3 is 29.0 Å². The summed E-state index contributed by atoms with van der Waals surface area (Å²) in [4.78, 5) is 25.6. The van der Waals surface area contributed by atoms with E-state index in [1.165, 1.54) is 7.11 Å². The Kier molecular flexibility index (Phi) is 11.5. The second kappa shape index (κ2) is 15.0. The van der Waals surface area contributed by atoms with Gasteiger partial charge in [0.1, 0.15) is 12.3 Å². The lowest BCUT2D eigenvalue weighted by molar-refractivity contribution is -0.149. The molecular weight excluding hydrogens is 559 g/mol. The predicted molar refractivity (Wildman–Crippen MR) is 160 cm³/mol. The molecule has 0 bridgehead atoms. The Morgan fingerprint density at radius 2 is 2.00 bits per heavy atom. The summed E-state index contributed by atoms with van der Waals surface area (Å²) in [6.07, 6.45) is 4.32. The lowest BCUT2D eigenvalue weighted by atomic mass is 10.0. The van der Waals surface area contributed by atoms with E-state index in [9.17, 15) is 4.79 Å². The van der Waals surface area contributed by atoms with E-state index in [-0.39, 0.29) is 49.0 Å². The summed E-state index contributed by atoms with van der Waals surface area (Å²) in [5, 5.41) is 3.25. The highest BCUT2D eigenvalue weighted by molar-refractivity contribution is 7.45. The zero-order valence-electron chi connectivity index (χ0n) is 25.2. The molecule has 3 heterocycles. The van der Waals surface area contributed by atoms with Crippen molar-refractivity contribution in [1.29, 1.82) is 0 Å². The lowest BCUT2D eigenvalue weighted by Gasteiger charge is -2.27. The molecule has 1 saturated heterocycles. The van der Waals surface area contributed by atoms with E-state index in [1.54, 1.807) is 13.3 Å². The molecule has 5 unspecified atom stereocenters. The van der Waals surface area contributed by atoms with Crippen LogP contribution in [0.25, 0.3) is 11.2 Å². The van der Waals surface area contributed by atoms with Crippen LogP contribution in [0, 0.1) is 5.92 Å². The van der Waals surface area contributed by atoms with Crippen molar-refractivity contribution < 1.29 is 28.1 Å². The van der Waals surface area contributed by atoms with Crippen molar-refractivity contribution >= 4 is 31.6 Å². The van der Waals surface area contributed by atoms with E-state index < -0.39 is 14.6 Å². The minimum Gasteiger partial charge on any atom is -0.479 e. The maximum absolute atomic E-state index is 12.6. The molecule has 6 atom stereocenters. The highest BCUT2D eigenvalue weighted by Crippen LogP contribution is 2.44. The molecule has 0 aliphatic carbocycles. The molecule has 0 radical (unpaired) electrons. The number of nitrogen functional groups attached to an aromatic ring is 1. The first-order valence-corrected chi connectivity index (χ1v) is 15.7. The van der Waals surface area contributed by atoms with Gasteiger partial charge in [-0.15, -0.1) is 0 Å². The number of rotatable bonds is 15. The third kappa shape index (κ3) is 8.14. The van der Waals surface area contributed by atoms with Crippen LogP contribution in [-0.2, 0) is 23.3 Å². The Balaban J connectivity index is 1.48. The Bertz CT molecular complexity index is 1290. The number of fused-ring (bicyclic) bond motifs is 1. The van der Waals surface area contributed by atoms with E-state index >= 15 is 0 Å². The van der Waals surface area contributed by atoms with Crippen molar-refractivity contribution in [3.05, 3.63) is 42.2 Å². The monoisotopic (exact) mass is 602 g/mol. The number of hydrogen-bond acceptors (Lipinski definition) is 11. The molecule has 3 N–H and O–H groups in total. The highest BCUT2D eigenvalue weighted by atomic mass is 31.2. The molecule has 2 aromatic heterocycles. The van der Waals surface area contributed by atoms with E-state index in [4.69, 9.17) is 29.0 Å². The third-order valence-electron chi connectivity index (χ3n) is 6.92. The number of carbonyl (C=O) groups excluding carboxylic acids is 1. The number of anilines is 1. The second-order valence-electron chi connectivity index (χ2n) is 10.8. The SMILES string of the molecule is CCCCC(OP(N[C@@H](C)C(=O)OC(C)C)OCC1CC(C)C(n2cnc3c(OC)nc(N)nc32)O1)c1ccccc1. The molecule has 3 aromatic rings. The Labute approximate surface area is 248 Å². The quantitative estimate of drug-likeness (QED) is 0.169. The van der Waals surface area contributed by atoms with E-state index in [0.29, 0.717) is 17.0 Å². The number of ether oxygens (including phenoxy) is 3. The summed E-state index contributed by atoms with van der Waals surface area (Å²) in [6.45, 7) is 9.94. The number of aromatic nitrogens is 4. The van der Waals surface area contributed by atoms with Crippen LogP contribution in [0.15, 0.2) is 36.7 Å². The molecule has 4 rings (SSSR count). The molecule has 42 heavy (non-hydrogen) atoms. The fourth-order valence-electron chi connectivity index (χ4n) is 4.85. The number of carbonyl (C=O) groups is 1. The number of esters is 1. The van der Waals surface area contributed by atoms with Crippen LogP contribution in [0.2, 0.25) is 0 Å². The zero-order chi connectivity index (χ0) is 30.2. The molecular formula is C29H43N6O6P. The number of nitrogens with zero attached hydrogens (tertiary/aromatic N) is 4. The molecule has 12 nitrogen and oxygen atoms in total. The molecule has 1 aliphatic heterocycles. The summed E-state index contributed by atoms with van der Waals surface area (Å²) in [7, 11) is -0.151. The van der Waals surface area contributed by atoms with Gasteiger partial charge in [0.05, 0.1) is 38.4 Å². The fraction of sp³-hybridized carbons (Fsp3) is 0.586. The summed E-state index contributed by atoms with van der Waals surface area (Å²) in [5.41, 5.74) is 8.04. The van der Waals surface area contributed by atoms with Crippen LogP contribution in [-0.4, -0.2) is 57.5 Å². The van der Waals surface area contributed by atoms with Crippen molar-refractivity contribution in [2.75, 3.05) is 19.5 Å². The number of hydrogen-bond donors (Lipinski definition) is 2. The van der Waals surface area contributed by atoms with Crippen molar-refractivity contribution in [3.8, 4) is 5.88 Å². The van der Waals surface area contributed by atoms with Crippen molar-refractivity contribution in [3.63, 3.8) is 0 Å². The number of imidazole rings is 1. The number of nitrogens with one attached hydrogen (secondary N) is 1. The van der Waals surface area contributed by atoms with Gasteiger partial charge in [-0.1, -0.05) is 57.0 Å². The van der Waals surface area contributed by atoms with Gasteiger partial charge in [0, 0.05) is 5.92 Å². The Morgan fingerprint density at radius 1 is 1.24 bits per heavy atom. The predicted octanol–water partition coefficient (Wildman–Crippen LogP) is 5.46. The first-order chi connectivity index (χ1) is 20.2. The molecule has 0 amide bonds. The zero-order valence-corrected chi connectivity index (χ0v) is 26.1. The van der Waals surface area contributed by atoms with Crippen LogP contribution < -0.4 is 15.6 Å². The number of unbranched alkanes of at least 4 members (excludes halogenated alkanes) is 1. The van der Waals surface area contributed by atoms with Gasteiger partial charge in [0.15, 0.2) is 11.2 Å². The van der Waals surface area contributed by atoms with Gasteiger partial charge in [0.2, 0.25) is 11.8 Å². The second-order valence-corrected chi connectivity index (χ2v) is 12.1. The smallest absolute Gasteiger partial charge is 0.323 e. The highest BCUT2D eigenvalue weighted by Gasteiger charge is 2.36. The molecule has 230 valence electrons. The third-order valence-corrected chi connectivity index (χ3v) is 8.35. The number of methoxy groups -OCH3 is 1. The van der Waals surface area contributed by atoms with E-state index in [1.807, 2.05) is 36.6 Å². The van der Waals surface area contributed by atoms with Crippen LogP contribution >= 0.6 is 8.53 Å². The van der Waals surface area contributed by atoms with Gasteiger partial charge in [0.25, 0.3) is 8.53 Å². The van der Waals surface area contributed by atoms with Crippen LogP contribution in [0.4, 0.5) is 5.95 Å². The summed E-state index contributed by atoms with van der Waals surface area (Å²) in [5.74, 6) is 0.197. The van der Waals surface area contributed by atoms with Crippen molar-refractivity contribution in [2.24, 2.45) is 5.92 Å². The van der Waals surface area contributed by atoms with Crippen LogP contribution in [0.3, 0.4) is 0 Å². The van der Waals surface area contributed by atoms with Crippen molar-refractivity contribution in [1.82, 2.24) is 24.6 Å². The topological polar surface area (TPSA) is 145 Å². The Morgan fingerprint density at radius 3 is 2.69 bits per heavy atom. The standard InChI is InChI=1S/C29H43N6O6P/c1-7-8-14-23(21-12-10-9-11-13-21)41-42(34-20(5)28(36)39-18(2)3)38-16-22-15-19(4)27(40-22)35-17-31-24-25(35)32-29(30)33-26(24)37-6/h9-13,17-20,22-23,27,34H,7-8,14-16H2,1-6H3,(H2,30,32,33)/t19?,20-,22?,23?,27?,42?/m0/s1. The molecule has 0 saturated carbocycles. The molecule has 13 heteroatoms. The maximum atomic E-state index is 12.6. The molecule has 0 spiro atoms. The van der Waals surface area contributed by atoms with E-state index in [2.05, 4.69) is 46.0 Å². The van der Waals surface area contributed by atoms with Gasteiger partial charge in [-0.25, -0.2) is 10.1 Å². The van der Waals surface area contributed by atoms with Gasteiger partial charge in [-0.3, -0.25) is 9.36 Å². The van der Waals surface area contributed by atoms with Gasteiger partial charge in [-0.05, 0) is 39.2 Å². The minimum absolute atomic E-state index is 0.0988. The van der Waals surface area contributed by atoms with Crippen molar-refractivity contribution in [2.45, 2.75) is 90.9 Å². The molecule has 1 fully saturated rings.